The molecule has 0 unspecified atom stereocenters. The maximum atomic E-state index is 10.8. The molecule has 0 fully saturated rings. The maximum absolute atomic E-state index is 10.8. The molecule has 0 aliphatic carbocycles. The molecule has 0 bridgehead atoms. The first-order valence-electron chi connectivity index (χ1n) is 5.26. The Bertz CT molecular complexity index is 442. The zero-order valence-corrected chi connectivity index (χ0v) is 10.4. The molecule has 1 N–H and O–H groups in total. The minimum Gasteiger partial charge on any atom is -0.476 e. The predicted molar refractivity (Wildman–Crippen MR) is 67.9 cm³/mol. The first-order valence-corrected chi connectivity index (χ1v) is 5.26. The van der Waals surface area contributed by atoms with Crippen molar-refractivity contribution in [1.82, 2.24) is 4.98 Å². The number of oxazole rings is 1. The summed E-state index contributed by atoms with van der Waals surface area (Å²) < 4.78 is 5.20. The third-order valence-electron chi connectivity index (χ3n) is 1.72. The van der Waals surface area contributed by atoms with Crippen LogP contribution in [0.3, 0.4) is 0 Å². The summed E-state index contributed by atoms with van der Waals surface area (Å²) in [6, 6.07) is 0. The summed E-state index contributed by atoms with van der Waals surface area (Å²) in [7, 11) is 0. The van der Waals surface area contributed by atoms with Crippen LogP contribution in [0.4, 0.5) is 0 Å². The number of rotatable bonds is 4. The summed E-state index contributed by atoms with van der Waals surface area (Å²) in [6.45, 7) is 12.7. The summed E-state index contributed by atoms with van der Waals surface area (Å²) in [4.78, 5) is 14.6. The summed E-state index contributed by atoms with van der Waals surface area (Å²) in [6.07, 6.45) is 4.63. The zero-order valence-electron chi connectivity index (χ0n) is 10.4. The first kappa shape index (κ1) is 14.9. The van der Waals surface area contributed by atoms with E-state index in [0.29, 0.717) is 11.5 Å². The highest BCUT2D eigenvalue weighted by Crippen LogP contribution is 2.21. The molecule has 0 radical (unpaired) electrons. The highest BCUT2D eigenvalue weighted by Gasteiger charge is 2.19. The van der Waals surface area contributed by atoms with Crippen LogP contribution in [0.5, 0.6) is 0 Å². The molecule has 1 aromatic heterocycles. The molecule has 1 rings (SSSR count). The van der Waals surface area contributed by atoms with Gasteiger partial charge in [0.2, 0.25) is 0 Å². The fourth-order valence-corrected chi connectivity index (χ4v) is 1.13. The molecule has 0 atom stereocenters. The average molecular weight is 235 g/mol. The van der Waals surface area contributed by atoms with Gasteiger partial charge >= 0.3 is 5.97 Å². The van der Waals surface area contributed by atoms with Crippen molar-refractivity contribution in [3.63, 3.8) is 0 Å². The Morgan fingerprint density at radius 1 is 1.41 bits per heavy atom. The number of carbonyl (C=O) groups is 1. The number of carboxylic acid groups (broad SMARTS) is 1. The Labute approximate surface area is 101 Å². The maximum Gasteiger partial charge on any atom is 0.358 e. The molecule has 0 saturated heterocycles. The summed E-state index contributed by atoms with van der Waals surface area (Å²) >= 11 is 0. The van der Waals surface area contributed by atoms with Gasteiger partial charge in [0.05, 0.1) is 0 Å². The van der Waals surface area contributed by atoms with Crippen LogP contribution >= 0.6 is 0 Å². The van der Waals surface area contributed by atoms with E-state index >= 15 is 0 Å². The Balaban J connectivity index is 0.00000121. The monoisotopic (exact) mass is 235 g/mol. The number of aryl methyl sites for hydroxylation is 1. The molecule has 1 heterocycles. The van der Waals surface area contributed by atoms with Crippen LogP contribution in [0, 0.1) is 6.92 Å². The summed E-state index contributed by atoms with van der Waals surface area (Å²) in [5.41, 5.74) is 0.434. The van der Waals surface area contributed by atoms with Gasteiger partial charge in [-0.15, -0.1) is 0 Å². The van der Waals surface area contributed by atoms with Crippen LogP contribution in [0.1, 0.15) is 36.0 Å². The standard InChI is InChI=1S/C11H11NO3.C2H6/c1-4-6-8(5-2)10-9(11(13)14)12-7(3)15-10;1-2/h4-6H,1-2H2,3H3,(H,13,14);1-2H3/b8-6+;. The Morgan fingerprint density at radius 2 is 2.00 bits per heavy atom. The van der Waals surface area contributed by atoms with Crippen molar-refractivity contribution >= 4 is 11.5 Å². The van der Waals surface area contributed by atoms with Crippen molar-refractivity contribution in [2.24, 2.45) is 0 Å². The largest absolute Gasteiger partial charge is 0.476 e. The predicted octanol–water partition coefficient (Wildman–Crippen LogP) is 3.46. The van der Waals surface area contributed by atoms with Crippen LogP contribution in [0.25, 0.3) is 5.57 Å². The van der Waals surface area contributed by atoms with Crippen LogP contribution in [-0.2, 0) is 0 Å². The molecule has 4 nitrogen and oxygen atoms in total. The number of hydrogen-bond donors (Lipinski definition) is 1. The van der Waals surface area contributed by atoms with Crippen molar-refractivity contribution < 1.29 is 14.3 Å². The van der Waals surface area contributed by atoms with E-state index in [1.165, 1.54) is 12.2 Å². The fourth-order valence-electron chi connectivity index (χ4n) is 1.13. The molecule has 0 aliphatic rings. The molecule has 0 aromatic carbocycles. The summed E-state index contributed by atoms with van der Waals surface area (Å²) in [5.74, 6) is -0.618. The zero-order chi connectivity index (χ0) is 13.4. The fraction of sp³-hybridized carbons (Fsp3) is 0.231. The van der Waals surface area contributed by atoms with E-state index in [1.54, 1.807) is 13.0 Å². The Morgan fingerprint density at radius 3 is 2.41 bits per heavy atom. The number of nitrogens with zero attached hydrogens (tertiary/aromatic N) is 1. The summed E-state index contributed by atoms with van der Waals surface area (Å²) in [5, 5.41) is 8.88. The van der Waals surface area contributed by atoms with E-state index in [2.05, 4.69) is 18.1 Å². The molecule has 0 spiro atoms. The number of hydrogen-bond acceptors (Lipinski definition) is 3. The van der Waals surface area contributed by atoms with E-state index in [-0.39, 0.29) is 11.5 Å². The highest BCUT2D eigenvalue weighted by atomic mass is 16.4. The molecule has 17 heavy (non-hydrogen) atoms. The Hall–Kier alpha value is -2.10. The van der Waals surface area contributed by atoms with E-state index in [9.17, 15) is 4.79 Å². The van der Waals surface area contributed by atoms with E-state index < -0.39 is 5.97 Å². The normalized spacial score (nSPS) is 10.2. The molecule has 4 heteroatoms. The van der Waals surface area contributed by atoms with Gasteiger partial charge in [0.25, 0.3) is 0 Å². The van der Waals surface area contributed by atoms with Gasteiger partial charge in [-0.05, 0) is 0 Å². The third-order valence-corrected chi connectivity index (χ3v) is 1.72. The molecule has 0 saturated carbocycles. The van der Waals surface area contributed by atoms with Crippen LogP contribution < -0.4 is 0 Å². The topological polar surface area (TPSA) is 63.3 Å². The molecular weight excluding hydrogens is 218 g/mol. The van der Waals surface area contributed by atoms with Crippen molar-refractivity contribution in [1.29, 1.82) is 0 Å². The number of allylic oxidation sites excluding steroid dienone is 4. The van der Waals surface area contributed by atoms with Crippen molar-refractivity contribution in [2.45, 2.75) is 20.8 Å². The van der Waals surface area contributed by atoms with Gasteiger partial charge in [-0.3, -0.25) is 0 Å². The van der Waals surface area contributed by atoms with Crippen LogP contribution in [0.15, 0.2) is 35.8 Å². The van der Waals surface area contributed by atoms with E-state index in [1.807, 2.05) is 13.8 Å². The van der Waals surface area contributed by atoms with E-state index in [4.69, 9.17) is 9.52 Å². The molecule has 0 amide bonds. The minimum absolute atomic E-state index is 0.111. The number of carboxylic acids is 1. The number of aromatic carboxylic acids is 1. The van der Waals surface area contributed by atoms with Crippen molar-refractivity contribution in [2.75, 3.05) is 0 Å². The van der Waals surface area contributed by atoms with Crippen LogP contribution in [-0.4, -0.2) is 16.1 Å². The lowest BCUT2D eigenvalue weighted by Gasteiger charge is -1.96. The lowest BCUT2D eigenvalue weighted by Crippen LogP contribution is -2.00. The molecule has 0 aliphatic heterocycles. The van der Waals surface area contributed by atoms with Gasteiger partial charge in [0, 0.05) is 12.5 Å². The minimum atomic E-state index is -1.13. The SMILES string of the molecule is C=C/C=C(\C=C)c1oc(C)nc1C(=O)O.CC. The highest BCUT2D eigenvalue weighted by molar-refractivity contribution is 5.92. The second-order valence-corrected chi connectivity index (χ2v) is 2.78. The first-order chi connectivity index (χ1) is 8.10. The second kappa shape index (κ2) is 7.22. The average Bonchev–Trinajstić information content (AvgIpc) is 2.71. The number of aromatic nitrogens is 1. The van der Waals surface area contributed by atoms with Gasteiger partial charge in [0.15, 0.2) is 17.3 Å². The van der Waals surface area contributed by atoms with Gasteiger partial charge < -0.3 is 9.52 Å². The third kappa shape index (κ3) is 3.75. The van der Waals surface area contributed by atoms with Crippen molar-refractivity contribution in [3.8, 4) is 0 Å². The smallest absolute Gasteiger partial charge is 0.358 e. The lowest BCUT2D eigenvalue weighted by molar-refractivity contribution is 0.0690. The second-order valence-electron chi connectivity index (χ2n) is 2.78. The van der Waals surface area contributed by atoms with Gasteiger partial charge in [-0.25, -0.2) is 9.78 Å². The van der Waals surface area contributed by atoms with Gasteiger partial charge in [-0.2, -0.15) is 0 Å². The molecule has 92 valence electrons. The van der Waals surface area contributed by atoms with Crippen molar-refractivity contribution in [3.05, 3.63) is 48.7 Å². The van der Waals surface area contributed by atoms with E-state index in [0.717, 1.165) is 0 Å². The van der Waals surface area contributed by atoms with Gasteiger partial charge in [-0.1, -0.05) is 45.2 Å². The lowest BCUT2D eigenvalue weighted by atomic mass is 10.1. The van der Waals surface area contributed by atoms with Crippen LogP contribution in [0.2, 0.25) is 0 Å². The quantitative estimate of drug-likeness (QED) is 0.812. The van der Waals surface area contributed by atoms with Gasteiger partial charge in [0.1, 0.15) is 0 Å². The molecule has 1 aromatic rings. The molecular formula is C13H17NO3. The Kier molecular flexibility index (Phi) is 6.33.